The molecule has 2 fully saturated rings. The van der Waals surface area contributed by atoms with Gasteiger partial charge in [0, 0.05) is 6.61 Å². The maximum absolute atomic E-state index is 9.82. The summed E-state index contributed by atoms with van der Waals surface area (Å²) in [7, 11) is 0. The van der Waals surface area contributed by atoms with E-state index in [4.69, 9.17) is 0 Å². The molecular formula is C19H36O2. The molecule has 4 atom stereocenters. The highest BCUT2D eigenvalue weighted by Gasteiger charge is 2.50. The van der Waals surface area contributed by atoms with Crippen molar-refractivity contribution in [3.63, 3.8) is 0 Å². The summed E-state index contributed by atoms with van der Waals surface area (Å²) in [5.41, 5.74) is 0.0337. The molecular weight excluding hydrogens is 260 g/mol. The standard InChI is InChI=1S/C19H36O2/c1-18(2,21)12-5-4-8-16-9-10-17-15(11-14-20)7-6-13-19(16,17)3/h15-17,20-21H,4-14H2,1-3H3. The van der Waals surface area contributed by atoms with Crippen molar-refractivity contribution in [3.8, 4) is 0 Å². The van der Waals surface area contributed by atoms with E-state index in [-0.39, 0.29) is 0 Å². The summed E-state index contributed by atoms with van der Waals surface area (Å²) in [6.07, 6.45) is 12.6. The van der Waals surface area contributed by atoms with Gasteiger partial charge < -0.3 is 10.2 Å². The molecule has 0 heterocycles. The second kappa shape index (κ2) is 7.00. The Bertz CT molecular complexity index is 318. The Balaban J connectivity index is 1.85. The molecule has 2 aliphatic carbocycles. The topological polar surface area (TPSA) is 40.5 Å². The Labute approximate surface area is 131 Å². The molecule has 0 aromatic carbocycles. The summed E-state index contributed by atoms with van der Waals surface area (Å²) in [6, 6.07) is 0. The van der Waals surface area contributed by atoms with Crippen LogP contribution in [0.2, 0.25) is 0 Å². The fourth-order valence-corrected chi connectivity index (χ4v) is 5.39. The lowest BCUT2D eigenvalue weighted by Crippen LogP contribution is -2.37. The summed E-state index contributed by atoms with van der Waals surface area (Å²) in [5, 5.41) is 19.1. The summed E-state index contributed by atoms with van der Waals surface area (Å²) >= 11 is 0. The zero-order valence-corrected chi connectivity index (χ0v) is 14.4. The van der Waals surface area contributed by atoms with Crippen molar-refractivity contribution < 1.29 is 10.2 Å². The van der Waals surface area contributed by atoms with Crippen LogP contribution in [-0.4, -0.2) is 22.4 Å². The molecule has 2 nitrogen and oxygen atoms in total. The van der Waals surface area contributed by atoms with Crippen molar-refractivity contribution in [2.75, 3.05) is 6.61 Å². The lowest BCUT2D eigenvalue weighted by Gasteiger charge is -2.45. The highest BCUT2D eigenvalue weighted by molar-refractivity contribution is 4.99. The van der Waals surface area contributed by atoms with Gasteiger partial charge in [-0.25, -0.2) is 0 Å². The van der Waals surface area contributed by atoms with E-state index in [9.17, 15) is 10.2 Å². The minimum atomic E-state index is -0.501. The number of rotatable bonds is 7. The predicted molar refractivity (Wildman–Crippen MR) is 88.1 cm³/mol. The van der Waals surface area contributed by atoms with Crippen molar-refractivity contribution in [1.82, 2.24) is 0 Å². The van der Waals surface area contributed by atoms with E-state index in [2.05, 4.69) is 6.92 Å². The van der Waals surface area contributed by atoms with Crippen molar-refractivity contribution >= 4 is 0 Å². The molecule has 124 valence electrons. The van der Waals surface area contributed by atoms with Gasteiger partial charge in [0.1, 0.15) is 0 Å². The number of unbranched alkanes of at least 4 members (excludes halogenated alkanes) is 1. The van der Waals surface area contributed by atoms with Gasteiger partial charge >= 0.3 is 0 Å². The second-order valence-corrected chi connectivity index (χ2v) is 8.61. The third-order valence-corrected chi connectivity index (χ3v) is 6.56. The van der Waals surface area contributed by atoms with Crippen molar-refractivity contribution in [3.05, 3.63) is 0 Å². The molecule has 2 N–H and O–H groups in total. The first-order valence-electron chi connectivity index (χ1n) is 9.20. The Morgan fingerprint density at radius 3 is 2.52 bits per heavy atom. The number of fused-ring (bicyclic) bond motifs is 1. The first-order valence-corrected chi connectivity index (χ1v) is 9.20. The molecule has 2 rings (SSSR count). The van der Waals surface area contributed by atoms with Crippen LogP contribution in [0.5, 0.6) is 0 Å². The number of hydrogen-bond acceptors (Lipinski definition) is 2. The van der Waals surface area contributed by atoms with Crippen LogP contribution in [0.15, 0.2) is 0 Å². The predicted octanol–water partition coefficient (Wildman–Crippen LogP) is 4.53. The first-order chi connectivity index (χ1) is 9.87. The lowest BCUT2D eigenvalue weighted by molar-refractivity contribution is 0.0344. The summed E-state index contributed by atoms with van der Waals surface area (Å²) in [4.78, 5) is 0. The molecule has 2 saturated carbocycles. The van der Waals surface area contributed by atoms with Gasteiger partial charge in [-0.2, -0.15) is 0 Å². The fraction of sp³-hybridized carbons (Fsp3) is 1.00. The van der Waals surface area contributed by atoms with Gasteiger partial charge in [-0.15, -0.1) is 0 Å². The molecule has 0 amide bonds. The van der Waals surface area contributed by atoms with Gasteiger partial charge in [0.05, 0.1) is 5.60 Å². The molecule has 0 radical (unpaired) electrons. The molecule has 0 spiro atoms. The molecule has 21 heavy (non-hydrogen) atoms. The minimum Gasteiger partial charge on any atom is -0.396 e. The van der Waals surface area contributed by atoms with E-state index in [1.54, 1.807) is 0 Å². The lowest BCUT2D eigenvalue weighted by atomic mass is 9.60. The molecule has 0 bridgehead atoms. The summed E-state index contributed by atoms with van der Waals surface area (Å²) in [5.74, 6) is 2.51. The highest BCUT2D eigenvalue weighted by atomic mass is 16.3. The maximum Gasteiger partial charge on any atom is 0.0591 e. The van der Waals surface area contributed by atoms with Crippen LogP contribution in [0, 0.1) is 23.2 Å². The number of aliphatic hydroxyl groups excluding tert-OH is 1. The van der Waals surface area contributed by atoms with E-state index in [0.29, 0.717) is 12.0 Å². The smallest absolute Gasteiger partial charge is 0.0591 e. The zero-order chi connectivity index (χ0) is 15.5. The van der Waals surface area contributed by atoms with Crippen LogP contribution >= 0.6 is 0 Å². The van der Waals surface area contributed by atoms with Gasteiger partial charge in [0.15, 0.2) is 0 Å². The summed E-state index contributed by atoms with van der Waals surface area (Å²) < 4.78 is 0. The van der Waals surface area contributed by atoms with E-state index in [1.807, 2.05) is 13.8 Å². The summed E-state index contributed by atoms with van der Waals surface area (Å²) in [6.45, 7) is 6.74. The molecule has 0 saturated heterocycles. The third-order valence-electron chi connectivity index (χ3n) is 6.56. The van der Waals surface area contributed by atoms with Crippen LogP contribution < -0.4 is 0 Å². The Morgan fingerprint density at radius 1 is 1.10 bits per heavy atom. The van der Waals surface area contributed by atoms with Crippen LogP contribution in [-0.2, 0) is 0 Å². The van der Waals surface area contributed by atoms with Crippen molar-refractivity contribution in [2.45, 2.75) is 90.6 Å². The average Bonchev–Trinajstić information content (AvgIpc) is 2.72. The Hall–Kier alpha value is -0.0800. The molecule has 0 aliphatic heterocycles. The van der Waals surface area contributed by atoms with E-state index < -0.39 is 5.60 Å². The Morgan fingerprint density at radius 2 is 1.86 bits per heavy atom. The highest BCUT2D eigenvalue weighted by Crippen LogP contribution is 2.59. The van der Waals surface area contributed by atoms with Crippen molar-refractivity contribution in [1.29, 1.82) is 0 Å². The van der Waals surface area contributed by atoms with Crippen LogP contribution in [0.3, 0.4) is 0 Å². The van der Waals surface area contributed by atoms with Crippen molar-refractivity contribution in [2.24, 2.45) is 23.2 Å². The van der Waals surface area contributed by atoms with Gasteiger partial charge in [-0.05, 0) is 75.5 Å². The van der Waals surface area contributed by atoms with Gasteiger partial charge in [-0.3, -0.25) is 0 Å². The monoisotopic (exact) mass is 296 g/mol. The average molecular weight is 296 g/mol. The SMILES string of the molecule is CC(C)(O)CCCCC1CCC2C(CCO)CCCC12C. The molecule has 4 unspecified atom stereocenters. The van der Waals surface area contributed by atoms with Crippen LogP contribution in [0.25, 0.3) is 0 Å². The molecule has 2 heteroatoms. The zero-order valence-electron chi connectivity index (χ0n) is 14.4. The maximum atomic E-state index is 9.82. The largest absolute Gasteiger partial charge is 0.396 e. The molecule has 0 aromatic heterocycles. The van der Waals surface area contributed by atoms with Gasteiger partial charge in [0.25, 0.3) is 0 Å². The molecule has 0 aromatic rings. The first kappa shape index (κ1) is 17.3. The third kappa shape index (κ3) is 4.22. The van der Waals surface area contributed by atoms with Crippen LogP contribution in [0.1, 0.15) is 85.0 Å². The second-order valence-electron chi connectivity index (χ2n) is 8.61. The van der Waals surface area contributed by atoms with Gasteiger partial charge in [-0.1, -0.05) is 32.6 Å². The van der Waals surface area contributed by atoms with Gasteiger partial charge in [0.2, 0.25) is 0 Å². The molecule has 2 aliphatic rings. The number of aliphatic hydroxyl groups is 2. The fourth-order valence-electron chi connectivity index (χ4n) is 5.39. The van der Waals surface area contributed by atoms with E-state index in [0.717, 1.165) is 37.0 Å². The van der Waals surface area contributed by atoms with E-state index >= 15 is 0 Å². The quantitative estimate of drug-likeness (QED) is 0.677. The minimum absolute atomic E-state index is 0.369. The Kier molecular flexibility index (Phi) is 5.76. The van der Waals surface area contributed by atoms with Crippen LogP contribution in [0.4, 0.5) is 0 Å². The normalized spacial score (nSPS) is 36.7. The van der Waals surface area contributed by atoms with E-state index in [1.165, 1.54) is 44.9 Å². The number of hydrogen-bond donors (Lipinski definition) is 2.